The van der Waals surface area contributed by atoms with E-state index in [4.69, 9.17) is 0 Å². The highest BCUT2D eigenvalue weighted by Gasteiger charge is 2.12. The Kier molecular flexibility index (Phi) is 5.69. The number of benzene rings is 1. The molecule has 0 saturated carbocycles. The third-order valence-electron chi connectivity index (χ3n) is 3.53. The average Bonchev–Trinajstić information content (AvgIpc) is 2.86. The van der Waals surface area contributed by atoms with E-state index in [-0.39, 0.29) is 5.75 Å². The number of hydrogen-bond donors (Lipinski definition) is 1. The van der Waals surface area contributed by atoms with Crippen LogP contribution in [0.1, 0.15) is 18.4 Å². The second-order valence-electron chi connectivity index (χ2n) is 5.19. The molecular weight excluding hydrogens is 372 g/mol. The molecular formula is C14H20Br2N2O. The number of rotatable bonds is 5. The van der Waals surface area contributed by atoms with Crippen LogP contribution in [0.4, 0.5) is 0 Å². The van der Waals surface area contributed by atoms with Crippen molar-refractivity contribution >= 4 is 31.9 Å². The van der Waals surface area contributed by atoms with Crippen molar-refractivity contribution in [3.8, 4) is 5.75 Å². The molecule has 0 aromatic heterocycles. The molecule has 2 rings (SSSR count). The summed E-state index contributed by atoms with van der Waals surface area (Å²) >= 11 is 6.75. The predicted molar refractivity (Wildman–Crippen MR) is 85.5 cm³/mol. The van der Waals surface area contributed by atoms with Crippen LogP contribution >= 0.6 is 31.9 Å². The maximum atomic E-state index is 9.70. The Morgan fingerprint density at radius 3 is 2.37 bits per heavy atom. The zero-order valence-electron chi connectivity index (χ0n) is 11.2. The second-order valence-corrected chi connectivity index (χ2v) is 6.90. The monoisotopic (exact) mass is 390 g/mol. The van der Waals surface area contributed by atoms with Gasteiger partial charge in [0, 0.05) is 19.6 Å². The number of likely N-dealkylation sites (N-methyl/N-ethyl adjacent to an activating group) is 1. The standard InChI is InChI=1S/C14H20Br2N2O/c1-17(6-7-18-4-2-3-5-18)10-11-8-12(15)14(19)13(16)9-11/h8-9,19H,2-7,10H2,1H3. The summed E-state index contributed by atoms with van der Waals surface area (Å²) in [6.45, 7) is 5.63. The number of likely N-dealkylation sites (tertiary alicyclic amines) is 1. The van der Waals surface area contributed by atoms with Crippen molar-refractivity contribution in [1.29, 1.82) is 0 Å². The Morgan fingerprint density at radius 1 is 1.21 bits per heavy atom. The van der Waals surface area contributed by atoms with E-state index in [0.717, 1.165) is 28.6 Å². The lowest BCUT2D eigenvalue weighted by atomic mass is 10.2. The van der Waals surface area contributed by atoms with Crippen molar-refractivity contribution in [3.63, 3.8) is 0 Å². The van der Waals surface area contributed by atoms with Crippen molar-refractivity contribution in [2.45, 2.75) is 19.4 Å². The van der Waals surface area contributed by atoms with Gasteiger partial charge in [0.15, 0.2) is 0 Å². The summed E-state index contributed by atoms with van der Waals surface area (Å²) in [5.74, 6) is 0.267. The zero-order valence-corrected chi connectivity index (χ0v) is 14.4. The molecule has 19 heavy (non-hydrogen) atoms. The normalized spacial score (nSPS) is 16.4. The van der Waals surface area contributed by atoms with E-state index in [0.29, 0.717) is 0 Å². The van der Waals surface area contributed by atoms with Gasteiger partial charge >= 0.3 is 0 Å². The Balaban J connectivity index is 1.85. The van der Waals surface area contributed by atoms with Gasteiger partial charge in [0.2, 0.25) is 0 Å². The van der Waals surface area contributed by atoms with Crippen LogP contribution in [0.15, 0.2) is 21.1 Å². The Morgan fingerprint density at radius 2 is 1.79 bits per heavy atom. The van der Waals surface area contributed by atoms with Gasteiger partial charge in [0.25, 0.3) is 0 Å². The van der Waals surface area contributed by atoms with Crippen LogP contribution in [0, 0.1) is 0 Å². The fourth-order valence-corrected chi connectivity index (χ4v) is 3.70. The van der Waals surface area contributed by atoms with Crippen LogP contribution in [0.2, 0.25) is 0 Å². The molecule has 0 amide bonds. The maximum absolute atomic E-state index is 9.70. The Labute approximate surface area is 131 Å². The largest absolute Gasteiger partial charge is 0.506 e. The van der Waals surface area contributed by atoms with Gasteiger partial charge in [-0.3, -0.25) is 0 Å². The molecule has 1 aromatic carbocycles. The van der Waals surface area contributed by atoms with Crippen LogP contribution in [-0.4, -0.2) is 48.1 Å². The first kappa shape index (κ1) is 15.3. The SMILES string of the molecule is CN(CCN1CCCC1)Cc1cc(Br)c(O)c(Br)c1. The first-order chi connectivity index (χ1) is 9.06. The first-order valence-corrected chi connectivity index (χ1v) is 8.22. The van der Waals surface area contributed by atoms with Gasteiger partial charge < -0.3 is 14.9 Å². The quantitative estimate of drug-likeness (QED) is 0.832. The van der Waals surface area contributed by atoms with Gasteiger partial charge in [0.1, 0.15) is 5.75 Å². The fraction of sp³-hybridized carbons (Fsp3) is 0.571. The zero-order chi connectivity index (χ0) is 13.8. The number of nitrogens with zero attached hydrogens (tertiary/aromatic N) is 2. The molecule has 1 aliphatic rings. The van der Waals surface area contributed by atoms with Crippen molar-refractivity contribution in [3.05, 3.63) is 26.6 Å². The summed E-state index contributed by atoms with van der Waals surface area (Å²) in [7, 11) is 2.14. The van der Waals surface area contributed by atoms with Crippen molar-refractivity contribution in [2.75, 3.05) is 33.2 Å². The molecule has 1 fully saturated rings. The minimum atomic E-state index is 0.267. The van der Waals surface area contributed by atoms with E-state index in [9.17, 15) is 5.11 Å². The average molecular weight is 392 g/mol. The fourth-order valence-electron chi connectivity index (χ4n) is 2.42. The molecule has 1 heterocycles. The first-order valence-electron chi connectivity index (χ1n) is 6.64. The van der Waals surface area contributed by atoms with E-state index in [1.807, 2.05) is 12.1 Å². The highest BCUT2D eigenvalue weighted by Crippen LogP contribution is 2.33. The second kappa shape index (κ2) is 7.07. The van der Waals surface area contributed by atoms with Gasteiger partial charge in [-0.2, -0.15) is 0 Å². The number of phenolic OH excluding ortho intramolecular Hbond substituents is 1. The Bertz CT molecular complexity index is 410. The van der Waals surface area contributed by atoms with E-state index in [1.165, 1.54) is 31.5 Å². The van der Waals surface area contributed by atoms with Crippen molar-refractivity contribution in [2.24, 2.45) is 0 Å². The molecule has 0 spiro atoms. The number of halogens is 2. The molecule has 0 aliphatic carbocycles. The van der Waals surface area contributed by atoms with E-state index in [1.54, 1.807) is 0 Å². The van der Waals surface area contributed by atoms with Gasteiger partial charge in [-0.1, -0.05) is 0 Å². The Hall–Kier alpha value is -0.100. The van der Waals surface area contributed by atoms with Crippen LogP contribution < -0.4 is 0 Å². The molecule has 106 valence electrons. The van der Waals surface area contributed by atoms with Crippen molar-refractivity contribution < 1.29 is 5.11 Å². The predicted octanol–water partition coefficient (Wildman–Crippen LogP) is 3.44. The summed E-state index contributed by atoms with van der Waals surface area (Å²) in [5, 5.41) is 9.70. The number of phenols is 1. The summed E-state index contributed by atoms with van der Waals surface area (Å²) in [4.78, 5) is 4.85. The highest BCUT2D eigenvalue weighted by atomic mass is 79.9. The van der Waals surface area contributed by atoms with E-state index >= 15 is 0 Å². The third-order valence-corrected chi connectivity index (χ3v) is 4.73. The molecule has 0 radical (unpaired) electrons. The summed E-state index contributed by atoms with van der Waals surface area (Å²) in [6, 6.07) is 3.96. The molecule has 0 bridgehead atoms. The van der Waals surface area contributed by atoms with Gasteiger partial charge in [-0.05, 0) is 82.5 Å². The molecule has 5 heteroatoms. The molecule has 1 aromatic rings. The van der Waals surface area contributed by atoms with Crippen LogP contribution in [-0.2, 0) is 6.54 Å². The van der Waals surface area contributed by atoms with Gasteiger partial charge in [0.05, 0.1) is 8.95 Å². The van der Waals surface area contributed by atoms with E-state index in [2.05, 4.69) is 48.7 Å². The molecule has 3 nitrogen and oxygen atoms in total. The minimum absolute atomic E-state index is 0.267. The van der Waals surface area contributed by atoms with E-state index < -0.39 is 0 Å². The summed E-state index contributed by atoms with van der Waals surface area (Å²) < 4.78 is 1.48. The third kappa shape index (κ3) is 4.45. The lowest BCUT2D eigenvalue weighted by Crippen LogP contribution is -2.31. The number of hydrogen-bond acceptors (Lipinski definition) is 3. The molecule has 1 saturated heterocycles. The molecule has 1 N–H and O–H groups in total. The van der Waals surface area contributed by atoms with Crippen LogP contribution in [0.25, 0.3) is 0 Å². The smallest absolute Gasteiger partial charge is 0.143 e. The van der Waals surface area contributed by atoms with Crippen molar-refractivity contribution in [1.82, 2.24) is 9.80 Å². The van der Waals surface area contributed by atoms with Gasteiger partial charge in [-0.25, -0.2) is 0 Å². The lowest BCUT2D eigenvalue weighted by Gasteiger charge is -2.21. The minimum Gasteiger partial charge on any atom is -0.506 e. The molecule has 1 aliphatic heterocycles. The number of aromatic hydroxyl groups is 1. The van der Waals surface area contributed by atoms with Gasteiger partial charge in [-0.15, -0.1) is 0 Å². The summed E-state index contributed by atoms with van der Waals surface area (Å²) in [6.07, 6.45) is 2.70. The maximum Gasteiger partial charge on any atom is 0.143 e. The van der Waals surface area contributed by atoms with Crippen LogP contribution in [0.5, 0.6) is 5.75 Å². The summed E-state index contributed by atoms with van der Waals surface area (Å²) in [5.41, 5.74) is 1.19. The topological polar surface area (TPSA) is 26.7 Å². The highest BCUT2D eigenvalue weighted by molar-refractivity contribution is 9.11. The molecule has 0 atom stereocenters. The molecule has 0 unspecified atom stereocenters. The van der Waals surface area contributed by atoms with Crippen LogP contribution in [0.3, 0.4) is 0 Å². The lowest BCUT2D eigenvalue weighted by molar-refractivity contribution is 0.252.